The fraction of sp³-hybridized carbons (Fsp3) is 0.235. The van der Waals surface area contributed by atoms with Crippen molar-refractivity contribution in [1.29, 1.82) is 0 Å². The number of carbonyl (C=O) groups is 1. The van der Waals surface area contributed by atoms with E-state index in [2.05, 4.69) is 26.1 Å². The summed E-state index contributed by atoms with van der Waals surface area (Å²) in [7, 11) is 0. The second-order valence-corrected chi connectivity index (χ2v) is 6.43. The van der Waals surface area contributed by atoms with E-state index in [9.17, 15) is 4.79 Å². The molecule has 0 spiro atoms. The lowest BCUT2D eigenvalue weighted by atomic mass is 9.87. The van der Waals surface area contributed by atoms with E-state index < -0.39 is 0 Å². The summed E-state index contributed by atoms with van der Waals surface area (Å²) in [4.78, 5) is 12.2. The van der Waals surface area contributed by atoms with Crippen LogP contribution in [-0.4, -0.2) is 5.91 Å². The van der Waals surface area contributed by atoms with Gasteiger partial charge in [0, 0.05) is 11.3 Å². The molecular formula is C17H19ClN2O. The highest BCUT2D eigenvalue weighted by Crippen LogP contribution is 2.25. The second-order valence-electron chi connectivity index (χ2n) is 6.02. The number of hydrogen-bond donors (Lipinski definition) is 2. The first kappa shape index (κ1) is 15.4. The van der Waals surface area contributed by atoms with Crippen molar-refractivity contribution in [3.63, 3.8) is 0 Å². The molecule has 0 radical (unpaired) electrons. The molecular weight excluding hydrogens is 284 g/mol. The fourth-order valence-electron chi connectivity index (χ4n) is 1.95. The van der Waals surface area contributed by atoms with Gasteiger partial charge in [0.25, 0.3) is 5.91 Å². The maximum atomic E-state index is 12.2. The maximum Gasteiger partial charge on any atom is 0.255 e. The summed E-state index contributed by atoms with van der Waals surface area (Å²) in [6.07, 6.45) is 0. The number of hydrogen-bond acceptors (Lipinski definition) is 2. The van der Waals surface area contributed by atoms with Crippen molar-refractivity contribution in [3.8, 4) is 0 Å². The van der Waals surface area contributed by atoms with Gasteiger partial charge < -0.3 is 11.1 Å². The Hall–Kier alpha value is -2.00. The number of benzene rings is 2. The summed E-state index contributed by atoms with van der Waals surface area (Å²) in [6, 6.07) is 12.6. The molecule has 0 aliphatic carbocycles. The monoisotopic (exact) mass is 302 g/mol. The second kappa shape index (κ2) is 5.78. The number of amides is 1. The van der Waals surface area contributed by atoms with E-state index in [1.54, 1.807) is 18.2 Å². The predicted octanol–water partition coefficient (Wildman–Crippen LogP) is 4.47. The highest BCUT2D eigenvalue weighted by Gasteiger charge is 2.14. The van der Waals surface area contributed by atoms with Crippen molar-refractivity contribution in [2.24, 2.45) is 0 Å². The quantitative estimate of drug-likeness (QED) is 0.804. The van der Waals surface area contributed by atoms with Crippen molar-refractivity contribution in [1.82, 2.24) is 0 Å². The molecule has 0 unspecified atom stereocenters. The largest absolute Gasteiger partial charge is 0.399 e. The van der Waals surface area contributed by atoms with Crippen molar-refractivity contribution >= 4 is 28.9 Å². The topological polar surface area (TPSA) is 55.1 Å². The molecule has 1 amide bonds. The molecule has 0 heterocycles. The third kappa shape index (κ3) is 3.76. The Balaban J connectivity index is 2.17. The number of nitrogen functional groups attached to an aromatic ring is 1. The summed E-state index contributed by atoms with van der Waals surface area (Å²) >= 11 is 6.05. The van der Waals surface area contributed by atoms with Crippen molar-refractivity contribution in [2.45, 2.75) is 26.2 Å². The summed E-state index contributed by atoms with van der Waals surface area (Å²) in [5.74, 6) is -0.192. The number of nitrogens with two attached hydrogens (primary N) is 1. The lowest BCUT2D eigenvalue weighted by molar-refractivity contribution is 0.102. The summed E-state index contributed by atoms with van der Waals surface area (Å²) in [5.41, 5.74) is 8.59. The van der Waals surface area contributed by atoms with Crippen LogP contribution >= 0.6 is 11.6 Å². The number of carbonyl (C=O) groups excluding carboxylic acids is 1. The SMILES string of the molecule is CC(C)(C)c1ccc(C(=O)Nc2ccc(N)cc2Cl)cc1. The molecule has 0 saturated heterocycles. The highest BCUT2D eigenvalue weighted by atomic mass is 35.5. The molecule has 0 aromatic heterocycles. The van der Waals surface area contributed by atoms with Crippen LogP contribution in [0.3, 0.4) is 0 Å². The first-order valence-corrected chi connectivity index (χ1v) is 7.12. The average Bonchev–Trinajstić information content (AvgIpc) is 2.41. The molecule has 0 aliphatic rings. The van der Waals surface area contributed by atoms with E-state index in [0.29, 0.717) is 22.0 Å². The first-order chi connectivity index (χ1) is 9.77. The van der Waals surface area contributed by atoms with Gasteiger partial charge in [0.2, 0.25) is 0 Å². The Morgan fingerprint density at radius 3 is 2.24 bits per heavy atom. The van der Waals surface area contributed by atoms with Crippen LogP contribution < -0.4 is 11.1 Å². The minimum Gasteiger partial charge on any atom is -0.399 e. The van der Waals surface area contributed by atoms with Crippen LogP contribution in [0.5, 0.6) is 0 Å². The van der Waals surface area contributed by atoms with Gasteiger partial charge in [-0.25, -0.2) is 0 Å². The van der Waals surface area contributed by atoms with Crippen LogP contribution in [-0.2, 0) is 5.41 Å². The van der Waals surface area contributed by atoms with E-state index in [-0.39, 0.29) is 11.3 Å². The Kier molecular flexibility index (Phi) is 4.24. The fourth-order valence-corrected chi connectivity index (χ4v) is 2.19. The molecule has 0 bridgehead atoms. The van der Waals surface area contributed by atoms with Gasteiger partial charge in [-0.05, 0) is 41.3 Å². The molecule has 4 heteroatoms. The average molecular weight is 303 g/mol. The molecule has 2 rings (SSSR count). The van der Waals surface area contributed by atoms with E-state index in [0.717, 1.165) is 0 Å². The van der Waals surface area contributed by atoms with Gasteiger partial charge in [0.15, 0.2) is 0 Å². The molecule has 0 aliphatic heterocycles. The Morgan fingerprint density at radius 1 is 1.10 bits per heavy atom. The van der Waals surface area contributed by atoms with Crippen LogP contribution in [0.4, 0.5) is 11.4 Å². The van der Waals surface area contributed by atoms with Crippen molar-refractivity contribution < 1.29 is 4.79 Å². The van der Waals surface area contributed by atoms with Gasteiger partial charge in [-0.1, -0.05) is 44.5 Å². The van der Waals surface area contributed by atoms with Crippen LogP contribution in [0, 0.1) is 0 Å². The van der Waals surface area contributed by atoms with Gasteiger partial charge >= 0.3 is 0 Å². The van der Waals surface area contributed by atoms with Crippen molar-refractivity contribution in [3.05, 3.63) is 58.6 Å². The van der Waals surface area contributed by atoms with Crippen LogP contribution in [0.15, 0.2) is 42.5 Å². The summed E-state index contributed by atoms with van der Waals surface area (Å²) in [6.45, 7) is 6.41. The van der Waals surface area contributed by atoms with E-state index in [4.69, 9.17) is 17.3 Å². The third-order valence-electron chi connectivity index (χ3n) is 3.25. The maximum absolute atomic E-state index is 12.2. The molecule has 3 N–H and O–H groups in total. The predicted molar refractivity (Wildman–Crippen MR) is 89.0 cm³/mol. The van der Waals surface area contributed by atoms with Crippen LogP contribution in [0.1, 0.15) is 36.7 Å². The molecule has 110 valence electrons. The standard InChI is InChI=1S/C17H19ClN2O/c1-17(2,3)12-6-4-11(5-7-12)16(21)20-15-9-8-13(19)10-14(15)18/h4-10H,19H2,1-3H3,(H,20,21). The Labute approximate surface area is 130 Å². The molecule has 0 fully saturated rings. The van der Waals surface area contributed by atoms with E-state index in [1.807, 2.05) is 24.3 Å². The molecule has 21 heavy (non-hydrogen) atoms. The zero-order valence-corrected chi connectivity index (χ0v) is 13.2. The minimum atomic E-state index is -0.192. The minimum absolute atomic E-state index is 0.0648. The molecule has 0 saturated carbocycles. The molecule has 2 aromatic rings. The molecule has 3 nitrogen and oxygen atoms in total. The number of anilines is 2. The lowest BCUT2D eigenvalue weighted by Gasteiger charge is -2.19. The highest BCUT2D eigenvalue weighted by molar-refractivity contribution is 6.34. The number of halogens is 1. The third-order valence-corrected chi connectivity index (χ3v) is 3.57. The normalized spacial score (nSPS) is 11.2. The van der Waals surface area contributed by atoms with E-state index >= 15 is 0 Å². The van der Waals surface area contributed by atoms with Crippen molar-refractivity contribution in [2.75, 3.05) is 11.1 Å². The van der Waals surface area contributed by atoms with Gasteiger partial charge in [-0.3, -0.25) is 4.79 Å². The summed E-state index contributed by atoms with van der Waals surface area (Å²) in [5, 5.41) is 3.21. The smallest absolute Gasteiger partial charge is 0.255 e. The van der Waals surface area contributed by atoms with E-state index in [1.165, 1.54) is 5.56 Å². The molecule has 2 aromatic carbocycles. The zero-order chi connectivity index (χ0) is 15.6. The van der Waals surface area contributed by atoms with Gasteiger partial charge in [0.05, 0.1) is 10.7 Å². The van der Waals surface area contributed by atoms with Crippen LogP contribution in [0.25, 0.3) is 0 Å². The van der Waals surface area contributed by atoms with Crippen LogP contribution in [0.2, 0.25) is 5.02 Å². The zero-order valence-electron chi connectivity index (χ0n) is 12.4. The first-order valence-electron chi connectivity index (χ1n) is 6.74. The van der Waals surface area contributed by atoms with Gasteiger partial charge in [-0.15, -0.1) is 0 Å². The Bertz CT molecular complexity index is 657. The molecule has 0 atom stereocenters. The van der Waals surface area contributed by atoms with Gasteiger partial charge in [0.1, 0.15) is 0 Å². The Morgan fingerprint density at radius 2 is 1.71 bits per heavy atom. The number of nitrogens with one attached hydrogen (secondary N) is 1. The summed E-state index contributed by atoms with van der Waals surface area (Å²) < 4.78 is 0. The number of rotatable bonds is 2. The lowest BCUT2D eigenvalue weighted by Crippen LogP contribution is -2.14. The van der Waals surface area contributed by atoms with Gasteiger partial charge in [-0.2, -0.15) is 0 Å².